The van der Waals surface area contributed by atoms with E-state index in [9.17, 15) is 0 Å². The van der Waals surface area contributed by atoms with Gasteiger partial charge in [0.15, 0.2) is 0 Å². The van der Waals surface area contributed by atoms with Gasteiger partial charge in [-0.25, -0.2) is 0 Å². The van der Waals surface area contributed by atoms with Gasteiger partial charge in [-0.1, -0.05) is 6.92 Å². The fourth-order valence-electron chi connectivity index (χ4n) is 1.28. The van der Waals surface area contributed by atoms with Crippen molar-refractivity contribution >= 4 is 0 Å². The van der Waals surface area contributed by atoms with Crippen LogP contribution in [0.4, 0.5) is 0 Å². The highest BCUT2D eigenvalue weighted by Crippen LogP contribution is 2.31. The Balaban J connectivity index is 2.24. The van der Waals surface area contributed by atoms with Crippen molar-refractivity contribution in [1.29, 1.82) is 0 Å². The Hall–Kier alpha value is -0.0800. The average Bonchev–Trinajstić information content (AvgIpc) is 1.60. The summed E-state index contributed by atoms with van der Waals surface area (Å²) >= 11 is 0. The summed E-state index contributed by atoms with van der Waals surface area (Å²) in [6.07, 6.45) is 0.686. The summed E-state index contributed by atoms with van der Waals surface area (Å²) in [5, 5.41) is 9.00. The van der Waals surface area contributed by atoms with Gasteiger partial charge in [-0.3, -0.25) is 0 Å². The molecule has 0 radical (unpaired) electrons. The zero-order valence-corrected chi connectivity index (χ0v) is 6.05. The van der Waals surface area contributed by atoms with E-state index in [-0.39, 0.29) is 11.5 Å². The first-order valence-corrected chi connectivity index (χ1v) is 3.38. The van der Waals surface area contributed by atoms with Crippen molar-refractivity contribution in [3.05, 3.63) is 0 Å². The van der Waals surface area contributed by atoms with Crippen molar-refractivity contribution in [2.45, 2.75) is 26.4 Å². The van der Waals surface area contributed by atoms with E-state index in [1.165, 1.54) is 0 Å². The Morgan fingerprint density at radius 2 is 2.22 bits per heavy atom. The van der Waals surface area contributed by atoms with Gasteiger partial charge in [0, 0.05) is 5.41 Å². The molecule has 1 unspecified atom stereocenters. The zero-order valence-electron chi connectivity index (χ0n) is 6.05. The number of ether oxygens (including phenoxy) is 1. The lowest BCUT2D eigenvalue weighted by Gasteiger charge is -2.38. The first kappa shape index (κ1) is 7.03. The minimum atomic E-state index is -0.182. The van der Waals surface area contributed by atoms with Gasteiger partial charge < -0.3 is 9.84 Å². The van der Waals surface area contributed by atoms with E-state index < -0.39 is 0 Å². The highest BCUT2D eigenvalue weighted by Gasteiger charge is 2.34. The third kappa shape index (κ3) is 1.66. The fraction of sp³-hybridized carbons (Fsp3) is 1.00. The summed E-state index contributed by atoms with van der Waals surface area (Å²) in [5.41, 5.74) is 0.272. The van der Waals surface area contributed by atoms with Gasteiger partial charge in [-0.15, -0.1) is 0 Å². The summed E-state index contributed by atoms with van der Waals surface area (Å²) in [5.74, 6) is 0. The van der Waals surface area contributed by atoms with Gasteiger partial charge in [0.25, 0.3) is 0 Å². The third-order valence-electron chi connectivity index (χ3n) is 1.69. The van der Waals surface area contributed by atoms with Crippen molar-refractivity contribution in [2.75, 3.05) is 13.2 Å². The molecule has 0 aromatic heterocycles. The first-order valence-electron chi connectivity index (χ1n) is 3.38. The smallest absolute Gasteiger partial charge is 0.0543 e. The summed E-state index contributed by atoms with van der Waals surface area (Å²) < 4.78 is 5.03. The lowest BCUT2D eigenvalue weighted by molar-refractivity contribution is -0.119. The number of aliphatic hydroxyl groups is 1. The number of hydrogen-bond donors (Lipinski definition) is 1. The SMILES string of the molecule is CC(O)CC1(C)COC1. The molecule has 1 saturated heterocycles. The lowest BCUT2D eigenvalue weighted by atomic mass is 9.83. The zero-order chi connectivity index (χ0) is 6.91. The summed E-state index contributed by atoms with van der Waals surface area (Å²) in [4.78, 5) is 0. The van der Waals surface area contributed by atoms with Crippen LogP contribution in [0.1, 0.15) is 20.3 Å². The minimum Gasteiger partial charge on any atom is -0.393 e. The molecule has 1 heterocycles. The van der Waals surface area contributed by atoms with Crippen LogP contribution in [0.2, 0.25) is 0 Å². The van der Waals surface area contributed by atoms with Crippen LogP contribution in [0.15, 0.2) is 0 Å². The highest BCUT2D eigenvalue weighted by molar-refractivity contribution is 4.81. The van der Waals surface area contributed by atoms with Gasteiger partial charge in [-0.2, -0.15) is 0 Å². The Morgan fingerprint density at radius 1 is 1.67 bits per heavy atom. The van der Waals surface area contributed by atoms with Crippen molar-refractivity contribution in [3.8, 4) is 0 Å². The van der Waals surface area contributed by atoms with Crippen LogP contribution in [-0.4, -0.2) is 24.4 Å². The average molecular weight is 130 g/mol. The number of aliphatic hydroxyl groups excluding tert-OH is 1. The molecule has 0 spiro atoms. The topological polar surface area (TPSA) is 29.5 Å². The van der Waals surface area contributed by atoms with Crippen LogP contribution in [0.25, 0.3) is 0 Å². The summed E-state index contributed by atoms with van der Waals surface area (Å²) in [6, 6.07) is 0. The molecule has 0 saturated carbocycles. The standard InChI is InChI=1S/C7H14O2/c1-6(8)3-7(2)4-9-5-7/h6,8H,3-5H2,1-2H3. The highest BCUT2D eigenvalue weighted by atomic mass is 16.5. The van der Waals surface area contributed by atoms with Gasteiger partial charge >= 0.3 is 0 Å². The normalized spacial score (nSPS) is 27.0. The van der Waals surface area contributed by atoms with Crippen LogP contribution >= 0.6 is 0 Å². The molecule has 54 valence electrons. The predicted molar refractivity (Wildman–Crippen MR) is 35.2 cm³/mol. The molecule has 9 heavy (non-hydrogen) atoms. The molecule has 0 aromatic rings. The molecule has 1 fully saturated rings. The van der Waals surface area contributed by atoms with E-state index in [0.717, 1.165) is 19.6 Å². The Morgan fingerprint density at radius 3 is 2.33 bits per heavy atom. The number of rotatable bonds is 2. The molecule has 2 heteroatoms. The Bertz CT molecular complexity index is 95.1. The van der Waals surface area contributed by atoms with E-state index >= 15 is 0 Å². The molecule has 1 N–H and O–H groups in total. The van der Waals surface area contributed by atoms with Crippen molar-refractivity contribution in [1.82, 2.24) is 0 Å². The van der Waals surface area contributed by atoms with Crippen molar-refractivity contribution in [2.24, 2.45) is 5.41 Å². The van der Waals surface area contributed by atoms with Gasteiger partial charge in [0.1, 0.15) is 0 Å². The van der Waals surface area contributed by atoms with Crippen LogP contribution in [0.3, 0.4) is 0 Å². The molecule has 1 aliphatic rings. The number of hydrogen-bond acceptors (Lipinski definition) is 2. The molecule has 2 nitrogen and oxygen atoms in total. The maximum absolute atomic E-state index is 9.00. The molecular weight excluding hydrogens is 116 g/mol. The molecule has 1 atom stereocenters. The molecule has 1 rings (SSSR count). The maximum Gasteiger partial charge on any atom is 0.0543 e. The van der Waals surface area contributed by atoms with E-state index in [2.05, 4.69) is 6.92 Å². The van der Waals surface area contributed by atoms with Crippen molar-refractivity contribution < 1.29 is 9.84 Å². The van der Waals surface area contributed by atoms with Gasteiger partial charge in [-0.05, 0) is 13.3 Å². The van der Waals surface area contributed by atoms with Crippen LogP contribution in [0.5, 0.6) is 0 Å². The lowest BCUT2D eigenvalue weighted by Crippen LogP contribution is -2.41. The first-order chi connectivity index (χ1) is 4.12. The molecule has 0 bridgehead atoms. The third-order valence-corrected chi connectivity index (χ3v) is 1.69. The second-order valence-electron chi connectivity index (χ2n) is 3.36. The Kier molecular flexibility index (Phi) is 1.78. The quantitative estimate of drug-likeness (QED) is 0.599. The molecular formula is C7H14O2. The molecule has 0 aliphatic carbocycles. The van der Waals surface area contributed by atoms with E-state index in [4.69, 9.17) is 9.84 Å². The van der Waals surface area contributed by atoms with Crippen molar-refractivity contribution in [3.63, 3.8) is 0 Å². The monoisotopic (exact) mass is 130 g/mol. The molecule has 0 amide bonds. The molecule has 0 aromatic carbocycles. The van der Waals surface area contributed by atoms with E-state index in [0.29, 0.717) is 0 Å². The fourth-order valence-corrected chi connectivity index (χ4v) is 1.28. The van der Waals surface area contributed by atoms with E-state index in [1.54, 1.807) is 0 Å². The predicted octanol–water partition coefficient (Wildman–Crippen LogP) is 0.794. The van der Waals surface area contributed by atoms with Gasteiger partial charge in [0.2, 0.25) is 0 Å². The van der Waals surface area contributed by atoms with Crippen LogP contribution in [-0.2, 0) is 4.74 Å². The summed E-state index contributed by atoms with van der Waals surface area (Å²) in [7, 11) is 0. The van der Waals surface area contributed by atoms with Gasteiger partial charge in [0.05, 0.1) is 19.3 Å². The second-order valence-corrected chi connectivity index (χ2v) is 3.36. The Labute approximate surface area is 55.8 Å². The summed E-state index contributed by atoms with van der Waals surface area (Å²) in [6.45, 7) is 5.60. The maximum atomic E-state index is 9.00. The molecule has 1 aliphatic heterocycles. The minimum absolute atomic E-state index is 0.182. The largest absolute Gasteiger partial charge is 0.393 e. The van der Waals surface area contributed by atoms with Crippen LogP contribution in [0, 0.1) is 5.41 Å². The second kappa shape index (κ2) is 2.27. The van der Waals surface area contributed by atoms with Crippen LogP contribution < -0.4 is 0 Å². The van der Waals surface area contributed by atoms with E-state index in [1.807, 2.05) is 6.92 Å².